The second-order valence-electron chi connectivity index (χ2n) is 3.46. The number of amides is 1. The summed E-state index contributed by atoms with van der Waals surface area (Å²) >= 11 is 3.15. The molecule has 4 heteroatoms. The van der Waals surface area contributed by atoms with E-state index >= 15 is 0 Å². The number of nitrogens with zero attached hydrogens (tertiary/aromatic N) is 1. The van der Waals surface area contributed by atoms with Gasteiger partial charge in [-0.05, 0) is 24.6 Å². The Bertz CT molecular complexity index is 355. The van der Waals surface area contributed by atoms with Crippen molar-refractivity contribution in [1.29, 1.82) is 0 Å². The maximum absolute atomic E-state index is 11.4. The van der Waals surface area contributed by atoms with Gasteiger partial charge in [-0.1, -0.05) is 28.1 Å². The van der Waals surface area contributed by atoms with E-state index < -0.39 is 0 Å². The monoisotopic (exact) mass is 285 g/mol. The summed E-state index contributed by atoms with van der Waals surface area (Å²) in [5.41, 5.74) is 1.07. The smallest absolute Gasteiger partial charge is 0.233 e. The van der Waals surface area contributed by atoms with Crippen LogP contribution < -0.4 is 4.74 Å². The minimum atomic E-state index is 0.0711. The zero-order valence-electron chi connectivity index (χ0n) is 9.57. The maximum Gasteiger partial charge on any atom is 0.233 e. The summed E-state index contributed by atoms with van der Waals surface area (Å²) in [4.78, 5) is 13.1. The number of ether oxygens (including phenoxy) is 1. The molecule has 3 nitrogen and oxygen atoms in total. The Morgan fingerprint density at radius 3 is 2.88 bits per heavy atom. The van der Waals surface area contributed by atoms with Crippen LogP contribution in [-0.2, 0) is 11.3 Å². The molecule has 0 atom stereocenters. The predicted octanol–water partition coefficient (Wildman–Crippen LogP) is 2.44. The van der Waals surface area contributed by atoms with Crippen LogP contribution in [0.2, 0.25) is 0 Å². The van der Waals surface area contributed by atoms with Crippen molar-refractivity contribution in [3.05, 3.63) is 29.8 Å². The zero-order valence-corrected chi connectivity index (χ0v) is 11.2. The second-order valence-corrected chi connectivity index (χ2v) is 4.02. The first-order valence-corrected chi connectivity index (χ1v) is 6.31. The molecule has 1 aromatic rings. The van der Waals surface area contributed by atoms with Gasteiger partial charge < -0.3 is 9.64 Å². The van der Waals surface area contributed by atoms with Crippen LogP contribution in [0.5, 0.6) is 5.75 Å². The molecular weight excluding hydrogens is 270 g/mol. The lowest BCUT2D eigenvalue weighted by Crippen LogP contribution is -2.26. The van der Waals surface area contributed by atoms with Gasteiger partial charge in [-0.15, -0.1) is 0 Å². The topological polar surface area (TPSA) is 29.5 Å². The predicted molar refractivity (Wildman–Crippen MR) is 67.9 cm³/mol. The minimum Gasteiger partial charge on any atom is -0.494 e. The van der Waals surface area contributed by atoms with Crippen molar-refractivity contribution in [1.82, 2.24) is 4.90 Å². The summed E-state index contributed by atoms with van der Waals surface area (Å²) in [5.74, 6) is 0.918. The molecule has 0 saturated carbocycles. The molecule has 88 valence electrons. The van der Waals surface area contributed by atoms with Gasteiger partial charge in [0, 0.05) is 13.6 Å². The molecule has 0 aromatic heterocycles. The van der Waals surface area contributed by atoms with Crippen LogP contribution in [0.15, 0.2) is 24.3 Å². The first-order valence-electron chi connectivity index (χ1n) is 5.19. The summed E-state index contributed by atoms with van der Waals surface area (Å²) in [5, 5.41) is 0.356. The van der Waals surface area contributed by atoms with Gasteiger partial charge in [0.15, 0.2) is 0 Å². The molecule has 0 aliphatic heterocycles. The average molecular weight is 286 g/mol. The standard InChI is InChI=1S/C12H16BrNO2/c1-3-16-11-6-4-5-10(7-11)9-14(2)12(15)8-13/h4-7H,3,8-9H2,1-2H3. The Hall–Kier alpha value is -1.03. The molecule has 1 aromatic carbocycles. The van der Waals surface area contributed by atoms with Crippen LogP contribution in [0.4, 0.5) is 0 Å². The highest BCUT2D eigenvalue weighted by Crippen LogP contribution is 2.14. The minimum absolute atomic E-state index is 0.0711. The third-order valence-electron chi connectivity index (χ3n) is 2.17. The average Bonchev–Trinajstić information content (AvgIpc) is 2.29. The first-order chi connectivity index (χ1) is 7.67. The van der Waals surface area contributed by atoms with Crippen LogP contribution in [0.3, 0.4) is 0 Å². The van der Waals surface area contributed by atoms with E-state index in [4.69, 9.17) is 4.74 Å². The van der Waals surface area contributed by atoms with Gasteiger partial charge in [-0.2, -0.15) is 0 Å². The molecular formula is C12H16BrNO2. The number of benzene rings is 1. The molecule has 1 amide bonds. The third kappa shape index (κ3) is 3.85. The van der Waals surface area contributed by atoms with Gasteiger partial charge in [0.05, 0.1) is 11.9 Å². The zero-order chi connectivity index (χ0) is 12.0. The summed E-state index contributed by atoms with van der Waals surface area (Å²) in [6.07, 6.45) is 0. The molecule has 0 bridgehead atoms. The highest BCUT2D eigenvalue weighted by Gasteiger charge is 2.07. The number of alkyl halides is 1. The molecule has 0 spiro atoms. The van der Waals surface area contributed by atoms with E-state index in [-0.39, 0.29) is 5.91 Å². The Morgan fingerprint density at radius 2 is 2.25 bits per heavy atom. The Labute approximate surface area is 105 Å². The molecule has 0 saturated heterocycles. The number of hydrogen-bond acceptors (Lipinski definition) is 2. The van der Waals surface area contributed by atoms with Gasteiger partial charge >= 0.3 is 0 Å². The fourth-order valence-corrected chi connectivity index (χ4v) is 1.79. The van der Waals surface area contributed by atoms with Crippen molar-refractivity contribution in [2.45, 2.75) is 13.5 Å². The number of halogens is 1. The molecule has 0 radical (unpaired) electrons. The summed E-state index contributed by atoms with van der Waals surface area (Å²) in [7, 11) is 1.79. The van der Waals surface area contributed by atoms with E-state index in [1.165, 1.54) is 0 Å². The van der Waals surface area contributed by atoms with E-state index in [1.54, 1.807) is 11.9 Å². The number of carbonyl (C=O) groups is 1. The Morgan fingerprint density at radius 1 is 1.50 bits per heavy atom. The number of rotatable bonds is 5. The normalized spacial score (nSPS) is 9.94. The molecule has 0 heterocycles. The van der Waals surface area contributed by atoms with Crippen LogP contribution in [0, 0.1) is 0 Å². The molecule has 1 rings (SSSR count). The lowest BCUT2D eigenvalue weighted by atomic mass is 10.2. The van der Waals surface area contributed by atoms with Gasteiger partial charge in [-0.3, -0.25) is 4.79 Å². The van der Waals surface area contributed by atoms with E-state index in [1.807, 2.05) is 31.2 Å². The van der Waals surface area contributed by atoms with Gasteiger partial charge in [0.2, 0.25) is 5.91 Å². The van der Waals surface area contributed by atoms with Crippen LogP contribution in [0.1, 0.15) is 12.5 Å². The van der Waals surface area contributed by atoms with Crippen molar-refractivity contribution >= 4 is 21.8 Å². The Kier molecular flexibility index (Phi) is 5.32. The SMILES string of the molecule is CCOc1cccc(CN(C)C(=O)CBr)c1. The summed E-state index contributed by atoms with van der Waals surface area (Å²) in [6.45, 7) is 3.21. The van der Waals surface area contributed by atoms with Crippen LogP contribution >= 0.6 is 15.9 Å². The fourth-order valence-electron chi connectivity index (χ4n) is 1.36. The van der Waals surface area contributed by atoms with E-state index in [9.17, 15) is 4.79 Å². The molecule has 0 aliphatic rings. The molecule has 0 fully saturated rings. The molecule has 0 unspecified atom stereocenters. The summed E-state index contributed by atoms with van der Waals surface area (Å²) < 4.78 is 5.40. The van der Waals surface area contributed by atoms with Crippen molar-refractivity contribution in [2.24, 2.45) is 0 Å². The Balaban J connectivity index is 2.66. The maximum atomic E-state index is 11.4. The van der Waals surface area contributed by atoms with E-state index in [2.05, 4.69) is 15.9 Å². The highest BCUT2D eigenvalue weighted by molar-refractivity contribution is 9.09. The highest BCUT2D eigenvalue weighted by atomic mass is 79.9. The fraction of sp³-hybridized carbons (Fsp3) is 0.417. The largest absolute Gasteiger partial charge is 0.494 e. The van der Waals surface area contributed by atoms with Gasteiger partial charge in [-0.25, -0.2) is 0 Å². The molecule has 16 heavy (non-hydrogen) atoms. The second kappa shape index (κ2) is 6.53. The van der Waals surface area contributed by atoms with Crippen molar-refractivity contribution < 1.29 is 9.53 Å². The number of carbonyl (C=O) groups excluding carboxylic acids is 1. The summed E-state index contributed by atoms with van der Waals surface area (Å²) in [6, 6.07) is 7.80. The van der Waals surface area contributed by atoms with Crippen LogP contribution in [-0.4, -0.2) is 29.8 Å². The number of hydrogen-bond donors (Lipinski definition) is 0. The van der Waals surface area contributed by atoms with E-state index in [0.717, 1.165) is 11.3 Å². The first kappa shape index (κ1) is 13.0. The lowest BCUT2D eigenvalue weighted by Gasteiger charge is -2.16. The third-order valence-corrected chi connectivity index (χ3v) is 2.65. The quantitative estimate of drug-likeness (QED) is 0.778. The lowest BCUT2D eigenvalue weighted by molar-refractivity contribution is -0.127. The molecule has 0 N–H and O–H groups in total. The van der Waals surface area contributed by atoms with Crippen molar-refractivity contribution in [3.8, 4) is 5.75 Å². The van der Waals surface area contributed by atoms with Crippen LogP contribution in [0.25, 0.3) is 0 Å². The van der Waals surface area contributed by atoms with Gasteiger partial charge in [0.1, 0.15) is 5.75 Å². The van der Waals surface area contributed by atoms with E-state index in [0.29, 0.717) is 18.5 Å². The van der Waals surface area contributed by atoms with Crippen molar-refractivity contribution in [2.75, 3.05) is 19.0 Å². The molecule has 0 aliphatic carbocycles. The van der Waals surface area contributed by atoms with Gasteiger partial charge in [0.25, 0.3) is 0 Å². The van der Waals surface area contributed by atoms with Crippen molar-refractivity contribution in [3.63, 3.8) is 0 Å².